The molecule has 2 N–H and O–H groups in total. The van der Waals surface area contributed by atoms with Crippen molar-refractivity contribution in [1.29, 1.82) is 0 Å². The van der Waals surface area contributed by atoms with E-state index in [9.17, 15) is 19.8 Å². The van der Waals surface area contributed by atoms with Gasteiger partial charge in [-0.05, 0) is 29.2 Å². The van der Waals surface area contributed by atoms with Crippen LogP contribution in [0.3, 0.4) is 0 Å². The minimum atomic E-state index is -1.57. The Balaban J connectivity index is 1.73. The summed E-state index contributed by atoms with van der Waals surface area (Å²) in [5, 5.41) is 22.4. The molecule has 1 amide bonds. The van der Waals surface area contributed by atoms with E-state index in [2.05, 4.69) is 5.32 Å². The minimum absolute atomic E-state index is 0.0689. The lowest BCUT2D eigenvalue weighted by Gasteiger charge is -2.22. The monoisotopic (exact) mass is 340 g/mol. The molecule has 1 aliphatic carbocycles. The Morgan fingerprint density at radius 3 is 2.12 bits per heavy atom. The fraction of sp³-hybridized carbons (Fsp3) is 0.263. The number of carboxylic acids is 1. The maximum Gasteiger partial charge on any atom is 0.407 e. The Labute approximate surface area is 145 Å². The van der Waals surface area contributed by atoms with Crippen LogP contribution in [0.15, 0.2) is 48.5 Å². The van der Waals surface area contributed by atoms with Crippen molar-refractivity contribution in [2.75, 3.05) is 6.61 Å². The van der Waals surface area contributed by atoms with Gasteiger partial charge in [-0.3, -0.25) is 0 Å². The number of carbonyl (C=O) groups excluding carboxylic acids is 2. The van der Waals surface area contributed by atoms with Crippen molar-refractivity contribution in [2.24, 2.45) is 0 Å². The van der Waals surface area contributed by atoms with Crippen LogP contribution < -0.4 is 10.4 Å². The van der Waals surface area contributed by atoms with Gasteiger partial charge in [0.25, 0.3) is 0 Å². The molecule has 6 nitrogen and oxygen atoms in total. The molecule has 0 saturated heterocycles. The highest BCUT2D eigenvalue weighted by Gasteiger charge is 2.29. The van der Waals surface area contributed by atoms with Crippen LogP contribution in [-0.2, 0) is 9.53 Å². The molecule has 0 heterocycles. The predicted octanol–water partition coefficient (Wildman–Crippen LogP) is 1.02. The van der Waals surface area contributed by atoms with E-state index in [-0.39, 0.29) is 12.5 Å². The number of fused-ring (bicyclic) bond motifs is 3. The van der Waals surface area contributed by atoms with Gasteiger partial charge in [-0.2, -0.15) is 0 Å². The van der Waals surface area contributed by atoms with Gasteiger partial charge in [-0.25, -0.2) is 4.79 Å². The van der Waals surface area contributed by atoms with Gasteiger partial charge in [-0.15, -0.1) is 0 Å². The Hall–Kier alpha value is -2.86. The lowest BCUT2D eigenvalue weighted by Crippen LogP contribution is -2.53. The van der Waals surface area contributed by atoms with E-state index in [1.54, 1.807) is 0 Å². The molecule has 0 fully saturated rings. The van der Waals surface area contributed by atoms with Gasteiger partial charge >= 0.3 is 6.09 Å². The van der Waals surface area contributed by atoms with E-state index in [1.807, 2.05) is 48.5 Å². The number of alkyl carbamates (subject to hydrolysis) is 1. The fourth-order valence-corrected chi connectivity index (χ4v) is 3.14. The van der Waals surface area contributed by atoms with E-state index >= 15 is 0 Å². The molecular weight excluding hydrogens is 322 g/mol. The summed E-state index contributed by atoms with van der Waals surface area (Å²) >= 11 is 0. The number of rotatable bonds is 5. The molecule has 0 saturated carbocycles. The summed E-state index contributed by atoms with van der Waals surface area (Å²) in [5.74, 6) is -1.69. The van der Waals surface area contributed by atoms with Crippen LogP contribution >= 0.6 is 0 Å². The van der Waals surface area contributed by atoms with Gasteiger partial charge in [0.2, 0.25) is 0 Å². The summed E-state index contributed by atoms with van der Waals surface area (Å²) in [6.45, 7) is 1.32. The quantitative estimate of drug-likeness (QED) is 0.847. The van der Waals surface area contributed by atoms with Crippen molar-refractivity contribution in [2.45, 2.75) is 25.0 Å². The van der Waals surface area contributed by atoms with Gasteiger partial charge < -0.3 is 25.1 Å². The molecule has 1 aliphatic rings. The van der Waals surface area contributed by atoms with Gasteiger partial charge in [0.05, 0.1) is 18.1 Å². The average Bonchev–Trinajstić information content (AvgIpc) is 2.91. The predicted molar refractivity (Wildman–Crippen MR) is 88.7 cm³/mol. The van der Waals surface area contributed by atoms with Gasteiger partial charge in [0, 0.05) is 5.92 Å². The van der Waals surface area contributed by atoms with Crippen molar-refractivity contribution in [3.63, 3.8) is 0 Å². The molecule has 0 radical (unpaired) electrons. The van der Waals surface area contributed by atoms with Crippen LogP contribution in [0.5, 0.6) is 0 Å². The maximum absolute atomic E-state index is 11.9. The molecule has 0 aliphatic heterocycles. The van der Waals surface area contributed by atoms with Crippen LogP contribution in [0.2, 0.25) is 0 Å². The number of carbonyl (C=O) groups is 2. The number of benzene rings is 2. The van der Waals surface area contributed by atoms with Crippen LogP contribution in [0, 0.1) is 0 Å². The van der Waals surface area contributed by atoms with Gasteiger partial charge in [0.1, 0.15) is 6.61 Å². The second-order valence-corrected chi connectivity index (χ2v) is 6.01. The third-order valence-corrected chi connectivity index (χ3v) is 4.35. The van der Waals surface area contributed by atoms with Crippen molar-refractivity contribution in [1.82, 2.24) is 5.32 Å². The third kappa shape index (κ3) is 3.34. The molecule has 3 rings (SSSR count). The highest BCUT2D eigenvalue weighted by molar-refractivity contribution is 5.80. The molecule has 2 aromatic carbocycles. The van der Waals surface area contributed by atoms with Crippen LogP contribution in [0.25, 0.3) is 11.1 Å². The Bertz CT molecular complexity index is 756. The first kappa shape index (κ1) is 17.0. The number of amides is 1. The summed E-state index contributed by atoms with van der Waals surface area (Å²) in [4.78, 5) is 22.8. The van der Waals surface area contributed by atoms with E-state index in [4.69, 9.17) is 4.74 Å². The van der Waals surface area contributed by atoms with Crippen molar-refractivity contribution in [3.05, 3.63) is 59.7 Å². The summed E-state index contributed by atoms with van der Waals surface area (Å²) in [7, 11) is 0. The zero-order valence-corrected chi connectivity index (χ0v) is 13.6. The highest BCUT2D eigenvalue weighted by Crippen LogP contribution is 2.44. The molecule has 2 aromatic rings. The topological polar surface area (TPSA) is 98.7 Å². The van der Waals surface area contributed by atoms with Crippen molar-refractivity contribution in [3.8, 4) is 11.1 Å². The third-order valence-electron chi connectivity index (χ3n) is 4.35. The smallest absolute Gasteiger partial charge is 0.407 e. The number of aliphatic hydroxyl groups is 1. The molecule has 0 aromatic heterocycles. The zero-order valence-electron chi connectivity index (χ0n) is 13.6. The maximum atomic E-state index is 11.9. The van der Waals surface area contributed by atoms with E-state index in [0.717, 1.165) is 22.3 Å². The number of carboxylic acid groups (broad SMARTS) is 1. The van der Waals surface area contributed by atoms with Gasteiger partial charge in [0.15, 0.2) is 0 Å². The second-order valence-electron chi connectivity index (χ2n) is 6.01. The number of aliphatic hydroxyl groups excluding tert-OH is 1. The number of nitrogens with one attached hydrogen (secondary N) is 1. The second kappa shape index (κ2) is 6.94. The van der Waals surface area contributed by atoms with E-state index in [0.29, 0.717) is 0 Å². The first-order chi connectivity index (χ1) is 12.0. The van der Waals surface area contributed by atoms with Crippen LogP contribution in [-0.4, -0.2) is 35.9 Å². The van der Waals surface area contributed by atoms with Crippen LogP contribution in [0.1, 0.15) is 24.0 Å². The van der Waals surface area contributed by atoms with E-state index in [1.165, 1.54) is 6.92 Å². The number of hydrogen-bond donors (Lipinski definition) is 2. The Morgan fingerprint density at radius 1 is 1.12 bits per heavy atom. The Morgan fingerprint density at radius 2 is 1.64 bits per heavy atom. The number of ether oxygens (including phenoxy) is 1. The first-order valence-electron chi connectivity index (χ1n) is 7.99. The normalized spacial score (nSPS) is 15.0. The zero-order chi connectivity index (χ0) is 18.0. The molecule has 2 atom stereocenters. The molecular formula is C19H18NO5-. The van der Waals surface area contributed by atoms with Crippen molar-refractivity contribution < 1.29 is 24.5 Å². The summed E-state index contributed by atoms with van der Waals surface area (Å²) in [6, 6.07) is 14.3. The number of aliphatic carboxylic acids is 1. The molecule has 0 bridgehead atoms. The summed E-state index contributed by atoms with van der Waals surface area (Å²) in [5.41, 5.74) is 4.32. The molecule has 25 heavy (non-hydrogen) atoms. The standard InChI is InChI=1S/C19H19NO5/c1-11(21)17(18(22)23)20-19(24)25-10-16-14-8-4-2-6-12(14)13-7-3-5-9-15(13)16/h2-9,11,16-17,21H,10H2,1H3,(H,20,24)(H,22,23)/p-1/t11-,17+/m1/s1. The lowest BCUT2D eigenvalue weighted by atomic mass is 9.98. The molecule has 6 heteroatoms. The summed E-state index contributed by atoms with van der Waals surface area (Å²) in [6.07, 6.45) is -2.19. The minimum Gasteiger partial charge on any atom is -0.548 e. The highest BCUT2D eigenvalue weighted by atomic mass is 16.5. The summed E-state index contributed by atoms with van der Waals surface area (Å²) < 4.78 is 5.22. The first-order valence-corrected chi connectivity index (χ1v) is 7.99. The largest absolute Gasteiger partial charge is 0.548 e. The van der Waals surface area contributed by atoms with Crippen LogP contribution in [0.4, 0.5) is 4.79 Å². The van der Waals surface area contributed by atoms with Gasteiger partial charge in [-0.1, -0.05) is 48.5 Å². The average molecular weight is 340 g/mol. The van der Waals surface area contributed by atoms with Crippen molar-refractivity contribution >= 4 is 12.1 Å². The molecule has 0 unspecified atom stereocenters. The van der Waals surface area contributed by atoms with E-state index < -0.39 is 24.2 Å². The SMILES string of the molecule is C[C@@H](O)[C@H](NC(=O)OCC1c2ccccc2-c2ccccc21)C(=O)[O-]. The fourth-order valence-electron chi connectivity index (χ4n) is 3.14. The molecule has 0 spiro atoms. The lowest BCUT2D eigenvalue weighted by molar-refractivity contribution is -0.310. The Kier molecular flexibility index (Phi) is 4.72. The molecule has 130 valence electrons. The number of hydrogen-bond acceptors (Lipinski definition) is 5.